The Kier molecular flexibility index (Phi) is 6.90. The average molecular weight is 401 g/mol. The second-order valence-electron chi connectivity index (χ2n) is 6.92. The van der Waals surface area contributed by atoms with Gasteiger partial charge in [0, 0.05) is 6.42 Å². The van der Waals surface area contributed by atoms with Crippen molar-refractivity contribution in [1.82, 2.24) is 5.32 Å². The monoisotopic (exact) mass is 400 g/mol. The van der Waals surface area contributed by atoms with E-state index in [0.717, 1.165) is 22.6 Å². The maximum atomic E-state index is 13.0. The summed E-state index contributed by atoms with van der Waals surface area (Å²) in [5.74, 6) is 2.26. The summed E-state index contributed by atoms with van der Waals surface area (Å²) in [7, 11) is 0. The van der Waals surface area contributed by atoms with Gasteiger partial charge < -0.3 is 11.1 Å². The molecule has 2 aromatic carbocycles. The smallest absolute Gasteiger partial charge is 0.221 e. The summed E-state index contributed by atoms with van der Waals surface area (Å²) in [5.41, 5.74) is 7.30. The zero-order valence-corrected chi connectivity index (χ0v) is 17.5. The molecule has 3 N–H and O–H groups in total. The standard InChI is InChI=1S/C22H28N2OS2/c1-21(26-16-9-17-27-21)22(18-10-4-2-5-11-18,19-12-6-3-7-13-19)24-20(25)14-8-15-23/h2-7,10-13H,8-9,14-17,23H2,1H3,(H,24,25). The lowest BCUT2D eigenvalue weighted by molar-refractivity contribution is -0.122. The van der Waals surface area contributed by atoms with E-state index in [4.69, 9.17) is 5.73 Å². The fraction of sp³-hybridized carbons (Fsp3) is 0.409. The quantitative estimate of drug-likeness (QED) is 0.724. The van der Waals surface area contributed by atoms with Crippen LogP contribution in [0.15, 0.2) is 60.7 Å². The van der Waals surface area contributed by atoms with Crippen LogP contribution in [-0.2, 0) is 10.3 Å². The van der Waals surface area contributed by atoms with Crippen LogP contribution < -0.4 is 11.1 Å². The molecule has 144 valence electrons. The summed E-state index contributed by atoms with van der Waals surface area (Å²) in [5, 5.41) is 3.47. The average Bonchev–Trinajstić information content (AvgIpc) is 2.72. The molecule has 0 saturated carbocycles. The van der Waals surface area contributed by atoms with E-state index in [1.807, 2.05) is 35.7 Å². The molecular formula is C22H28N2OS2. The van der Waals surface area contributed by atoms with Gasteiger partial charge in [0.25, 0.3) is 0 Å². The number of thioether (sulfide) groups is 2. The van der Waals surface area contributed by atoms with E-state index in [0.29, 0.717) is 19.4 Å². The van der Waals surface area contributed by atoms with Crippen molar-refractivity contribution in [3.63, 3.8) is 0 Å². The first-order valence-corrected chi connectivity index (χ1v) is 11.5. The Morgan fingerprint density at radius 2 is 1.56 bits per heavy atom. The maximum Gasteiger partial charge on any atom is 0.221 e. The van der Waals surface area contributed by atoms with E-state index in [2.05, 4.69) is 60.8 Å². The molecule has 0 aliphatic carbocycles. The second kappa shape index (κ2) is 9.18. The van der Waals surface area contributed by atoms with Crippen LogP contribution >= 0.6 is 23.5 Å². The van der Waals surface area contributed by atoms with Gasteiger partial charge in [-0.2, -0.15) is 0 Å². The Balaban J connectivity index is 2.16. The number of carbonyl (C=O) groups is 1. The molecule has 3 rings (SSSR count). The summed E-state index contributed by atoms with van der Waals surface area (Å²) in [6, 6.07) is 20.8. The van der Waals surface area contributed by atoms with Crippen molar-refractivity contribution in [3.8, 4) is 0 Å². The van der Waals surface area contributed by atoms with Crippen molar-refractivity contribution in [2.45, 2.75) is 35.8 Å². The van der Waals surface area contributed by atoms with Crippen LogP contribution in [0.25, 0.3) is 0 Å². The third kappa shape index (κ3) is 4.20. The molecule has 1 heterocycles. The number of hydrogen-bond donors (Lipinski definition) is 2. The highest BCUT2D eigenvalue weighted by Crippen LogP contribution is 2.56. The lowest BCUT2D eigenvalue weighted by Crippen LogP contribution is -2.59. The Labute approximate surface area is 170 Å². The van der Waals surface area contributed by atoms with E-state index >= 15 is 0 Å². The SMILES string of the molecule is CC1(C(NC(=O)CCCN)(c2ccccc2)c2ccccc2)SCCCS1. The van der Waals surface area contributed by atoms with Gasteiger partial charge in [-0.05, 0) is 48.9 Å². The highest BCUT2D eigenvalue weighted by Gasteiger charge is 2.53. The number of rotatable bonds is 7. The molecule has 0 unspecified atom stereocenters. The largest absolute Gasteiger partial charge is 0.340 e. The molecule has 5 heteroatoms. The first-order valence-electron chi connectivity index (χ1n) is 9.52. The van der Waals surface area contributed by atoms with Crippen molar-refractivity contribution in [1.29, 1.82) is 0 Å². The molecule has 27 heavy (non-hydrogen) atoms. The highest BCUT2D eigenvalue weighted by molar-refractivity contribution is 8.18. The van der Waals surface area contributed by atoms with Crippen LogP contribution in [0.5, 0.6) is 0 Å². The van der Waals surface area contributed by atoms with E-state index in [-0.39, 0.29) is 9.99 Å². The van der Waals surface area contributed by atoms with Crippen molar-refractivity contribution < 1.29 is 4.79 Å². The van der Waals surface area contributed by atoms with Crippen LogP contribution in [0, 0.1) is 0 Å². The Morgan fingerprint density at radius 1 is 1.04 bits per heavy atom. The van der Waals surface area contributed by atoms with Gasteiger partial charge in [0.2, 0.25) is 5.91 Å². The van der Waals surface area contributed by atoms with Crippen LogP contribution in [-0.4, -0.2) is 28.0 Å². The molecule has 1 fully saturated rings. The van der Waals surface area contributed by atoms with Gasteiger partial charge in [-0.1, -0.05) is 60.7 Å². The van der Waals surface area contributed by atoms with Gasteiger partial charge in [0.05, 0.1) is 4.08 Å². The Bertz CT molecular complexity index is 691. The summed E-state index contributed by atoms with van der Waals surface area (Å²) in [6.07, 6.45) is 2.34. The Hall–Kier alpha value is -1.43. The van der Waals surface area contributed by atoms with Crippen LogP contribution in [0.2, 0.25) is 0 Å². The van der Waals surface area contributed by atoms with Crippen molar-refractivity contribution in [2.75, 3.05) is 18.1 Å². The number of benzene rings is 2. The van der Waals surface area contributed by atoms with E-state index in [1.54, 1.807) is 0 Å². The minimum atomic E-state index is -0.600. The van der Waals surface area contributed by atoms with Gasteiger partial charge in [0.1, 0.15) is 5.54 Å². The first kappa shape index (κ1) is 20.3. The summed E-state index contributed by atoms with van der Waals surface area (Å²) in [4.78, 5) is 13.0. The van der Waals surface area contributed by atoms with Crippen molar-refractivity contribution >= 4 is 29.4 Å². The summed E-state index contributed by atoms with van der Waals surface area (Å²) >= 11 is 3.90. The number of nitrogens with two attached hydrogens (primary N) is 1. The number of hydrogen-bond acceptors (Lipinski definition) is 4. The molecule has 0 aromatic heterocycles. The predicted molar refractivity (Wildman–Crippen MR) is 118 cm³/mol. The summed E-state index contributed by atoms with van der Waals surface area (Å²) < 4.78 is -0.202. The first-order chi connectivity index (χ1) is 13.1. The van der Waals surface area contributed by atoms with Crippen molar-refractivity contribution in [3.05, 3.63) is 71.8 Å². The molecule has 3 nitrogen and oxygen atoms in total. The lowest BCUT2D eigenvalue weighted by Gasteiger charge is -2.50. The molecule has 1 saturated heterocycles. The number of amides is 1. The van der Waals surface area contributed by atoms with Crippen LogP contribution in [0.4, 0.5) is 0 Å². The normalized spacial score (nSPS) is 16.7. The van der Waals surface area contributed by atoms with Crippen LogP contribution in [0.1, 0.15) is 37.3 Å². The highest BCUT2D eigenvalue weighted by atomic mass is 32.2. The third-order valence-corrected chi connectivity index (χ3v) is 8.48. The molecule has 0 bridgehead atoms. The van der Waals surface area contributed by atoms with Gasteiger partial charge in [-0.3, -0.25) is 4.79 Å². The third-order valence-electron chi connectivity index (χ3n) is 5.07. The fourth-order valence-corrected chi connectivity index (χ4v) is 7.09. The zero-order chi connectivity index (χ0) is 19.2. The fourth-order valence-electron chi connectivity index (χ4n) is 3.71. The molecule has 0 radical (unpaired) electrons. The topological polar surface area (TPSA) is 55.1 Å². The molecule has 2 aromatic rings. The molecular weight excluding hydrogens is 372 g/mol. The van der Waals surface area contributed by atoms with E-state index < -0.39 is 5.54 Å². The van der Waals surface area contributed by atoms with E-state index in [1.165, 1.54) is 6.42 Å². The Morgan fingerprint density at radius 3 is 2.04 bits per heavy atom. The second-order valence-corrected chi connectivity index (χ2v) is 10.2. The van der Waals surface area contributed by atoms with Gasteiger partial charge in [0.15, 0.2) is 0 Å². The molecule has 1 aliphatic rings. The minimum Gasteiger partial charge on any atom is -0.340 e. The maximum absolute atomic E-state index is 13.0. The minimum absolute atomic E-state index is 0.0566. The number of nitrogens with one attached hydrogen (secondary N) is 1. The molecule has 1 aliphatic heterocycles. The van der Waals surface area contributed by atoms with Crippen molar-refractivity contribution in [2.24, 2.45) is 5.73 Å². The van der Waals surface area contributed by atoms with Crippen LogP contribution in [0.3, 0.4) is 0 Å². The predicted octanol–water partition coefficient (Wildman–Crippen LogP) is 4.37. The van der Waals surface area contributed by atoms with E-state index in [9.17, 15) is 4.79 Å². The zero-order valence-electron chi connectivity index (χ0n) is 15.8. The van der Waals surface area contributed by atoms with Gasteiger partial charge in [-0.25, -0.2) is 0 Å². The lowest BCUT2D eigenvalue weighted by atomic mass is 9.79. The van der Waals surface area contributed by atoms with Gasteiger partial charge >= 0.3 is 0 Å². The molecule has 0 spiro atoms. The summed E-state index contributed by atoms with van der Waals surface area (Å²) in [6.45, 7) is 2.81. The molecule has 1 amide bonds. The number of carbonyl (C=O) groups excluding carboxylic acids is 1. The van der Waals surface area contributed by atoms with Gasteiger partial charge in [-0.15, -0.1) is 23.5 Å². The molecule has 0 atom stereocenters.